The Balaban J connectivity index is 1.37. The van der Waals surface area contributed by atoms with Crippen LogP contribution in [0.3, 0.4) is 0 Å². The van der Waals surface area contributed by atoms with Crippen LogP contribution >= 0.6 is 0 Å². The van der Waals surface area contributed by atoms with E-state index in [1.165, 1.54) is 36.4 Å². The van der Waals surface area contributed by atoms with E-state index in [2.05, 4.69) is 40.7 Å². The van der Waals surface area contributed by atoms with E-state index >= 15 is 0 Å². The second kappa shape index (κ2) is 12.2. The van der Waals surface area contributed by atoms with Crippen molar-refractivity contribution in [2.75, 3.05) is 17.2 Å². The number of hydrogen-bond donors (Lipinski definition) is 2. The van der Waals surface area contributed by atoms with Crippen molar-refractivity contribution in [3.63, 3.8) is 0 Å². The normalized spacial score (nSPS) is 18.4. The van der Waals surface area contributed by atoms with Crippen molar-refractivity contribution in [2.45, 2.75) is 58.6 Å². The van der Waals surface area contributed by atoms with Gasteiger partial charge in [-0.2, -0.15) is 13.2 Å². The summed E-state index contributed by atoms with van der Waals surface area (Å²) in [6.07, 6.45) is -6.49. The van der Waals surface area contributed by atoms with Crippen molar-refractivity contribution in [1.82, 2.24) is 9.55 Å². The molecule has 1 aliphatic carbocycles. The Morgan fingerprint density at radius 1 is 0.956 bits per heavy atom. The SMILES string of the molecule is C[C@@H]1C[C@H](n2c(Nc3ccc(OC(F)(F)F)cc3)nc3cc(OCC(=O)Nc4cccc(C(F)(F)F)c4)ccc32)CC(C)(C)C1. The zero-order chi connectivity index (χ0) is 32.6. The minimum atomic E-state index is -4.80. The molecular formula is C32H32F6N4O3. The quantitative estimate of drug-likeness (QED) is 0.189. The molecule has 1 fully saturated rings. The first-order valence-corrected chi connectivity index (χ1v) is 14.3. The Labute approximate surface area is 255 Å². The molecule has 0 radical (unpaired) electrons. The molecule has 3 aromatic carbocycles. The third-order valence-corrected chi connectivity index (χ3v) is 7.58. The Morgan fingerprint density at radius 2 is 1.67 bits per heavy atom. The number of fused-ring (bicyclic) bond motifs is 1. The van der Waals surface area contributed by atoms with E-state index in [4.69, 9.17) is 9.72 Å². The second-order valence-corrected chi connectivity index (χ2v) is 12.1. The van der Waals surface area contributed by atoms with E-state index in [0.717, 1.165) is 36.9 Å². The molecule has 1 saturated carbocycles. The van der Waals surface area contributed by atoms with Gasteiger partial charge in [0.1, 0.15) is 11.5 Å². The highest BCUT2D eigenvalue weighted by molar-refractivity contribution is 5.92. The van der Waals surface area contributed by atoms with Crippen molar-refractivity contribution < 1.29 is 40.6 Å². The predicted octanol–water partition coefficient (Wildman–Crippen LogP) is 9.10. The maximum atomic E-state index is 13.0. The molecule has 0 saturated heterocycles. The lowest BCUT2D eigenvalue weighted by atomic mass is 9.70. The van der Waals surface area contributed by atoms with Crippen LogP contribution in [-0.4, -0.2) is 28.4 Å². The molecule has 1 aliphatic rings. The van der Waals surface area contributed by atoms with Crippen LogP contribution in [0.15, 0.2) is 66.7 Å². The average Bonchev–Trinajstić information content (AvgIpc) is 3.28. The summed E-state index contributed by atoms with van der Waals surface area (Å²) in [7, 11) is 0. The van der Waals surface area contributed by atoms with Crippen LogP contribution in [0.1, 0.15) is 51.6 Å². The zero-order valence-corrected chi connectivity index (χ0v) is 24.7. The highest BCUT2D eigenvalue weighted by Gasteiger charge is 2.35. The molecular weight excluding hydrogens is 602 g/mol. The number of aromatic nitrogens is 2. The van der Waals surface area contributed by atoms with E-state index in [1.807, 2.05) is 6.07 Å². The number of halogens is 6. The van der Waals surface area contributed by atoms with Crippen LogP contribution in [0.25, 0.3) is 11.0 Å². The van der Waals surface area contributed by atoms with Gasteiger partial charge in [0, 0.05) is 23.5 Å². The minimum absolute atomic E-state index is 0.00836. The molecule has 4 aromatic rings. The Hall–Kier alpha value is -4.42. The van der Waals surface area contributed by atoms with Crippen LogP contribution < -0.4 is 20.1 Å². The molecule has 0 aliphatic heterocycles. The number of nitrogens with zero attached hydrogens (tertiary/aromatic N) is 2. The van der Waals surface area contributed by atoms with Crippen molar-refractivity contribution in [2.24, 2.45) is 11.3 Å². The summed E-state index contributed by atoms with van der Waals surface area (Å²) in [5.74, 6) is 0.274. The minimum Gasteiger partial charge on any atom is -0.484 e. The third kappa shape index (κ3) is 8.20. The fraction of sp³-hybridized carbons (Fsp3) is 0.375. The lowest BCUT2D eigenvalue weighted by molar-refractivity contribution is -0.274. The summed E-state index contributed by atoms with van der Waals surface area (Å²) in [4.78, 5) is 17.2. The van der Waals surface area contributed by atoms with Gasteiger partial charge in [0.15, 0.2) is 6.61 Å². The summed E-state index contributed by atoms with van der Waals surface area (Å²) in [6.45, 7) is 6.19. The van der Waals surface area contributed by atoms with Gasteiger partial charge in [0.25, 0.3) is 5.91 Å². The van der Waals surface area contributed by atoms with Crippen molar-refractivity contribution in [3.05, 3.63) is 72.3 Å². The first-order chi connectivity index (χ1) is 21.0. The predicted molar refractivity (Wildman–Crippen MR) is 158 cm³/mol. The number of carbonyl (C=O) groups is 1. The molecule has 1 heterocycles. The highest BCUT2D eigenvalue weighted by atomic mass is 19.4. The number of benzene rings is 3. The fourth-order valence-corrected chi connectivity index (χ4v) is 6.11. The lowest BCUT2D eigenvalue weighted by Crippen LogP contribution is -2.29. The number of anilines is 3. The largest absolute Gasteiger partial charge is 0.573 e. The standard InChI is InChI=1S/C32H32F6N4O3/c1-19-13-23(17-30(2,3)16-19)42-27-12-11-25(44-18-28(43)39-22-6-4-5-20(14-22)31(33,34)35)15-26(27)41-29(42)40-21-7-9-24(10-8-21)45-32(36,37)38/h4-12,14-15,19,23H,13,16-18H2,1-3H3,(H,39,43)(H,40,41)/t19-,23+/m1/s1. The number of alkyl halides is 6. The van der Waals surface area contributed by atoms with Gasteiger partial charge in [-0.1, -0.05) is 26.8 Å². The van der Waals surface area contributed by atoms with Crippen LogP contribution in [0.5, 0.6) is 11.5 Å². The molecule has 2 N–H and O–H groups in total. The number of rotatable bonds is 8. The van der Waals surface area contributed by atoms with Crippen molar-refractivity contribution in [3.8, 4) is 11.5 Å². The second-order valence-electron chi connectivity index (χ2n) is 12.1. The van der Waals surface area contributed by atoms with Crippen LogP contribution in [0, 0.1) is 11.3 Å². The molecule has 5 rings (SSSR count). The summed E-state index contributed by atoms with van der Waals surface area (Å²) >= 11 is 0. The topological polar surface area (TPSA) is 77.4 Å². The van der Waals surface area contributed by atoms with Gasteiger partial charge in [-0.15, -0.1) is 13.2 Å². The maximum absolute atomic E-state index is 13.0. The number of imidazole rings is 1. The molecule has 13 heteroatoms. The molecule has 240 valence electrons. The summed E-state index contributed by atoms with van der Waals surface area (Å²) in [5.41, 5.74) is 1.04. The molecule has 45 heavy (non-hydrogen) atoms. The lowest BCUT2D eigenvalue weighted by Gasteiger charge is -2.40. The summed E-state index contributed by atoms with van der Waals surface area (Å²) in [5, 5.41) is 5.64. The van der Waals surface area contributed by atoms with Gasteiger partial charge < -0.3 is 24.7 Å². The molecule has 1 aromatic heterocycles. The fourth-order valence-electron chi connectivity index (χ4n) is 6.11. The summed E-state index contributed by atoms with van der Waals surface area (Å²) in [6, 6.07) is 14.9. The van der Waals surface area contributed by atoms with Crippen molar-refractivity contribution in [1.29, 1.82) is 0 Å². The van der Waals surface area contributed by atoms with E-state index in [9.17, 15) is 31.1 Å². The number of hydrogen-bond acceptors (Lipinski definition) is 5. The van der Waals surface area contributed by atoms with Gasteiger partial charge in [-0.05, 0) is 85.2 Å². The first kappa shape index (κ1) is 32.0. The molecule has 0 unspecified atom stereocenters. The molecule has 1 amide bonds. The molecule has 0 spiro atoms. The highest BCUT2D eigenvalue weighted by Crippen LogP contribution is 2.46. The number of carbonyl (C=O) groups excluding carboxylic acids is 1. The van der Waals surface area contributed by atoms with E-state index in [-0.39, 0.29) is 22.9 Å². The van der Waals surface area contributed by atoms with E-state index in [1.54, 1.807) is 12.1 Å². The molecule has 2 atom stereocenters. The van der Waals surface area contributed by atoms with Crippen molar-refractivity contribution >= 4 is 34.3 Å². The van der Waals surface area contributed by atoms with E-state index in [0.29, 0.717) is 28.8 Å². The Kier molecular flexibility index (Phi) is 8.65. The van der Waals surface area contributed by atoms with Gasteiger partial charge in [0.05, 0.1) is 16.6 Å². The smallest absolute Gasteiger partial charge is 0.484 e. The Morgan fingerprint density at radius 3 is 2.33 bits per heavy atom. The Bertz CT molecular complexity index is 1660. The molecule has 7 nitrogen and oxygen atoms in total. The zero-order valence-electron chi connectivity index (χ0n) is 24.7. The maximum Gasteiger partial charge on any atom is 0.573 e. The molecule has 0 bridgehead atoms. The van der Waals surface area contributed by atoms with Gasteiger partial charge in [-0.25, -0.2) is 4.98 Å². The van der Waals surface area contributed by atoms with Gasteiger partial charge in [0.2, 0.25) is 5.95 Å². The first-order valence-electron chi connectivity index (χ1n) is 14.3. The van der Waals surface area contributed by atoms with Crippen LogP contribution in [0.4, 0.5) is 43.7 Å². The number of ether oxygens (including phenoxy) is 2. The monoisotopic (exact) mass is 634 g/mol. The van der Waals surface area contributed by atoms with Gasteiger partial charge in [-0.3, -0.25) is 4.79 Å². The average molecular weight is 635 g/mol. The van der Waals surface area contributed by atoms with Crippen LogP contribution in [-0.2, 0) is 11.0 Å². The van der Waals surface area contributed by atoms with Crippen LogP contribution in [0.2, 0.25) is 0 Å². The van der Waals surface area contributed by atoms with Gasteiger partial charge >= 0.3 is 12.5 Å². The number of amides is 1. The van der Waals surface area contributed by atoms with E-state index < -0.39 is 30.6 Å². The number of nitrogens with one attached hydrogen (secondary N) is 2. The third-order valence-electron chi connectivity index (χ3n) is 7.58. The summed E-state index contributed by atoms with van der Waals surface area (Å²) < 4.78 is 88.6.